The molecule has 2 aromatic rings. The molecule has 0 saturated carbocycles. The Balaban J connectivity index is 2.40. The highest BCUT2D eigenvalue weighted by Crippen LogP contribution is 2.31. The Labute approximate surface area is 156 Å². The van der Waals surface area contributed by atoms with Crippen molar-refractivity contribution in [2.45, 2.75) is 45.7 Å². The van der Waals surface area contributed by atoms with Crippen molar-refractivity contribution in [1.82, 2.24) is 4.90 Å². The summed E-state index contributed by atoms with van der Waals surface area (Å²) in [5.74, 6) is 0. The highest BCUT2D eigenvalue weighted by Gasteiger charge is 2.35. The van der Waals surface area contributed by atoms with Crippen LogP contribution in [0.3, 0.4) is 0 Å². The van der Waals surface area contributed by atoms with Crippen molar-refractivity contribution in [2.24, 2.45) is 0 Å². The molecule has 0 saturated heterocycles. The average Bonchev–Trinajstić information content (AvgIpc) is 2.86. The van der Waals surface area contributed by atoms with E-state index in [1.54, 1.807) is 32.9 Å². The van der Waals surface area contributed by atoms with Gasteiger partial charge in [0, 0.05) is 21.0 Å². The van der Waals surface area contributed by atoms with Gasteiger partial charge < -0.3 is 14.3 Å². The summed E-state index contributed by atoms with van der Waals surface area (Å²) in [6, 6.07) is 3.26. The van der Waals surface area contributed by atoms with Crippen LogP contribution in [0.2, 0.25) is 0 Å². The predicted octanol–water partition coefficient (Wildman–Crippen LogP) is 4.99. The van der Waals surface area contributed by atoms with Crippen LogP contribution in [-0.2, 0) is 17.9 Å². The van der Waals surface area contributed by atoms with Crippen molar-refractivity contribution in [1.29, 1.82) is 0 Å². The molecule has 1 heterocycles. The van der Waals surface area contributed by atoms with Gasteiger partial charge in [0.1, 0.15) is 17.7 Å². The van der Waals surface area contributed by atoms with Gasteiger partial charge in [-0.2, -0.15) is 13.2 Å². The molecule has 0 aliphatic heterocycles. The minimum absolute atomic E-state index is 0.277. The first-order chi connectivity index (χ1) is 11.9. The quantitative estimate of drug-likeness (QED) is 0.731. The number of amides is 1. The largest absolute Gasteiger partial charge is 0.464 e. The number of aliphatic hydroxyl groups excluding tert-OH is 1. The zero-order valence-electron chi connectivity index (χ0n) is 14.5. The van der Waals surface area contributed by atoms with Crippen LogP contribution in [0.15, 0.2) is 27.3 Å². The van der Waals surface area contributed by atoms with Crippen LogP contribution in [0.25, 0.3) is 11.0 Å². The van der Waals surface area contributed by atoms with Crippen molar-refractivity contribution < 1.29 is 32.2 Å². The average molecular weight is 438 g/mol. The van der Waals surface area contributed by atoms with Crippen LogP contribution in [-0.4, -0.2) is 34.4 Å². The number of ether oxygens (including phenoxy) is 1. The number of halogens is 4. The van der Waals surface area contributed by atoms with Gasteiger partial charge in [0.15, 0.2) is 0 Å². The second kappa shape index (κ2) is 7.48. The zero-order valence-corrected chi connectivity index (χ0v) is 16.1. The Morgan fingerprint density at radius 1 is 1.27 bits per heavy atom. The molecule has 0 aliphatic carbocycles. The van der Waals surface area contributed by atoms with E-state index in [4.69, 9.17) is 9.15 Å². The molecule has 2 rings (SSSR count). The number of furan rings is 1. The Hall–Kier alpha value is -1.74. The van der Waals surface area contributed by atoms with E-state index in [2.05, 4.69) is 15.9 Å². The monoisotopic (exact) mass is 437 g/mol. The third-order valence-corrected chi connectivity index (χ3v) is 3.81. The zero-order chi connectivity index (χ0) is 19.7. The maximum atomic E-state index is 12.9. The summed E-state index contributed by atoms with van der Waals surface area (Å²) < 4.78 is 49.9. The number of aliphatic hydroxyl groups is 1. The third-order valence-electron chi connectivity index (χ3n) is 3.35. The maximum absolute atomic E-state index is 12.9. The molecular weight excluding hydrogens is 419 g/mol. The second-order valence-corrected chi connectivity index (χ2v) is 7.73. The van der Waals surface area contributed by atoms with Gasteiger partial charge in [-0.05, 0) is 32.9 Å². The van der Waals surface area contributed by atoms with E-state index >= 15 is 0 Å². The molecule has 0 radical (unpaired) electrons. The molecule has 0 atom stereocenters. The van der Waals surface area contributed by atoms with E-state index in [0.717, 1.165) is 0 Å². The van der Waals surface area contributed by atoms with Crippen LogP contribution in [0.4, 0.5) is 18.0 Å². The van der Waals surface area contributed by atoms with Crippen molar-refractivity contribution >= 4 is 33.0 Å². The molecule has 5 nitrogen and oxygen atoms in total. The first-order valence-electron chi connectivity index (χ1n) is 7.73. The molecule has 0 aliphatic rings. The number of fused-ring (bicyclic) bond motifs is 1. The number of carbonyl (C=O) groups excluding carboxylic acids is 1. The molecule has 9 heteroatoms. The number of nitrogens with zero attached hydrogens (tertiary/aromatic N) is 1. The molecule has 1 aromatic heterocycles. The van der Waals surface area contributed by atoms with Gasteiger partial charge in [0.2, 0.25) is 0 Å². The fourth-order valence-corrected chi connectivity index (χ4v) is 2.90. The number of hydrogen-bond acceptors (Lipinski definition) is 4. The van der Waals surface area contributed by atoms with E-state index in [0.29, 0.717) is 31.5 Å². The van der Waals surface area contributed by atoms with Gasteiger partial charge >= 0.3 is 12.3 Å². The van der Waals surface area contributed by atoms with Gasteiger partial charge in [0.25, 0.3) is 0 Å². The summed E-state index contributed by atoms with van der Waals surface area (Å²) in [5.41, 5.74) is 0.252. The van der Waals surface area contributed by atoms with Crippen molar-refractivity contribution in [3.63, 3.8) is 0 Å². The molecule has 0 fully saturated rings. The molecule has 0 unspecified atom stereocenters. The summed E-state index contributed by atoms with van der Waals surface area (Å²) in [5, 5.41) is 9.91. The SMILES string of the molecule is CC(C)(C)OC(=O)N(Cc1cc(Br)cc2c(CO)coc12)CC(F)(F)F. The van der Waals surface area contributed by atoms with Crippen molar-refractivity contribution in [2.75, 3.05) is 6.54 Å². The molecule has 0 spiro atoms. The fraction of sp³-hybridized carbons (Fsp3) is 0.471. The lowest BCUT2D eigenvalue weighted by atomic mass is 10.1. The van der Waals surface area contributed by atoms with Gasteiger partial charge in [-0.15, -0.1) is 0 Å². The van der Waals surface area contributed by atoms with Gasteiger partial charge in [0.05, 0.1) is 19.4 Å². The molecule has 26 heavy (non-hydrogen) atoms. The highest BCUT2D eigenvalue weighted by molar-refractivity contribution is 9.10. The Morgan fingerprint density at radius 3 is 2.46 bits per heavy atom. The van der Waals surface area contributed by atoms with E-state index in [9.17, 15) is 23.1 Å². The first kappa shape index (κ1) is 20.6. The summed E-state index contributed by atoms with van der Waals surface area (Å²) in [6.07, 6.45) is -4.32. The molecule has 1 amide bonds. The number of alkyl halides is 3. The lowest BCUT2D eigenvalue weighted by molar-refractivity contribution is -0.145. The van der Waals surface area contributed by atoms with Crippen LogP contribution >= 0.6 is 15.9 Å². The van der Waals surface area contributed by atoms with Crippen LogP contribution in [0.5, 0.6) is 0 Å². The van der Waals surface area contributed by atoms with Gasteiger partial charge in [-0.3, -0.25) is 4.90 Å². The van der Waals surface area contributed by atoms with Gasteiger partial charge in [-0.1, -0.05) is 15.9 Å². The number of hydrogen-bond donors (Lipinski definition) is 1. The van der Waals surface area contributed by atoms with Crippen molar-refractivity contribution in [3.8, 4) is 0 Å². The summed E-state index contributed by atoms with van der Waals surface area (Å²) >= 11 is 3.29. The summed E-state index contributed by atoms with van der Waals surface area (Å²) in [7, 11) is 0. The highest BCUT2D eigenvalue weighted by atomic mass is 79.9. The summed E-state index contributed by atoms with van der Waals surface area (Å²) in [6.45, 7) is 2.64. The fourth-order valence-electron chi connectivity index (χ4n) is 2.39. The standard InChI is InChI=1S/C17H19BrF3NO4/c1-16(2,3)26-15(24)22(9-17(19,20)21)6-10-4-12(18)5-13-11(7-23)8-25-14(10)13/h4-5,8,23H,6-7,9H2,1-3H3. The molecule has 144 valence electrons. The number of carbonyl (C=O) groups is 1. The summed E-state index contributed by atoms with van der Waals surface area (Å²) in [4.78, 5) is 12.8. The first-order valence-corrected chi connectivity index (χ1v) is 8.53. The second-order valence-electron chi connectivity index (χ2n) is 6.81. The Morgan fingerprint density at radius 2 is 1.92 bits per heavy atom. The van der Waals surface area contributed by atoms with Crippen molar-refractivity contribution in [3.05, 3.63) is 34.0 Å². The van der Waals surface area contributed by atoms with Crippen LogP contribution in [0, 0.1) is 0 Å². The maximum Gasteiger partial charge on any atom is 0.410 e. The van der Waals surface area contributed by atoms with E-state index in [1.807, 2.05) is 0 Å². The lowest BCUT2D eigenvalue weighted by Crippen LogP contribution is -2.41. The molecule has 1 aromatic carbocycles. The molecule has 1 N–H and O–H groups in total. The normalized spacial score (nSPS) is 12.5. The van der Waals surface area contributed by atoms with Gasteiger partial charge in [-0.25, -0.2) is 4.79 Å². The lowest BCUT2D eigenvalue weighted by Gasteiger charge is -2.28. The minimum atomic E-state index is -4.58. The smallest absolute Gasteiger partial charge is 0.410 e. The van der Waals surface area contributed by atoms with Crippen LogP contribution in [0.1, 0.15) is 31.9 Å². The Bertz CT molecular complexity index is 796. The minimum Gasteiger partial charge on any atom is -0.464 e. The van der Waals surface area contributed by atoms with E-state index in [1.165, 1.54) is 6.26 Å². The third kappa shape index (κ3) is 5.38. The van der Waals surface area contributed by atoms with E-state index in [-0.39, 0.29) is 13.2 Å². The predicted molar refractivity (Wildman–Crippen MR) is 92.5 cm³/mol. The van der Waals surface area contributed by atoms with Crippen LogP contribution < -0.4 is 0 Å². The Kier molecular flexibility index (Phi) is 5.92. The van der Waals surface area contributed by atoms with E-state index < -0.39 is 24.4 Å². The molecule has 0 bridgehead atoms. The topological polar surface area (TPSA) is 62.9 Å². The number of benzene rings is 1. The number of rotatable bonds is 4. The molecular formula is C17H19BrF3NO4.